The van der Waals surface area contributed by atoms with Crippen LogP contribution in [0, 0.1) is 13.8 Å². The van der Waals surface area contributed by atoms with Crippen molar-refractivity contribution in [1.82, 2.24) is 0 Å². The quantitative estimate of drug-likeness (QED) is 0.656. The van der Waals surface area contributed by atoms with E-state index in [0.717, 1.165) is 11.1 Å². The third-order valence-electron chi connectivity index (χ3n) is 2.16. The van der Waals surface area contributed by atoms with Gasteiger partial charge in [-0.3, -0.25) is 0 Å². The van der Waals surface area contributed by atoms with Gasteiger partial charge in [-0.2, -0.15) is 0 Å². The molecule has 0 saturated carbocycles. The average molecular weight is 178 g/mol. The highest BCUT2D eigenvalue weighted by molar-refractivity contribution is 7.17. The maximum atomic E-state index is 9.52. The van der Waals surface area contributed by atoms with E-state index in [-0.39, 0.29) is 0 Å². The Morgan fingerprint density at radius 1 is 1.33 bits per heavy atom. The number of fused-ring (bicyclic) bond motifs is 1. The van der Waals surface area contributed by atoms with Crippen molar-refractivity contribution in [2.75, 3.05) is 0 Å². The maximum Gasteiger partial charge on any atom is 0.119 e. The zero-order valence-electron chi connectivity index (χ0n) is 7.09. The van der Waals surface area contributed by atoms with Gasteiger partial charge in [-0.25, -0.2) is 0 Å². The van der Waals surface area contributed by atoms with Gasteiger partial charge in [0.25, 0.3) is 0 Å². The number of rotatable bonds is 0. The van der Waals surface area contributed by atoms with Gasteiger partial charge < -0.3 is 5.11 Å². The van der Waals surface area contributed by atoms with Crippen LogP contribution in [-0.4, -0.2) is 5.11 Å². The van der Waals surface area contributed by atoms with Gasteiger partial charge in [0, 0.05) is 4.70 Å². The zero-order valence-corrected chi connectivity index (χ0v) is 7.90. The van der Waals surface area contributed by atoms with Crippen molar-refractivity contribution >= 4 is 21.4 Å². The van der Waals surface area contributed by atoms with Crippen LogP contribution < -0.4 is 0 Å². The second-order valence-electron chi connectivity index (χ2n) is 3.00. The van der Waals surface area contributed by atoms with E-state index >= 15 is 0 Å². The molecule has 0 spiro atoms. The number of aromatic hydroxyl groups is 1. The molecule has 2 heteroatoms. The minimum absolute atomic E-state index is 0.401. The SMILES string of the molecule is Cc1c(O)cc(C)c2sccc12. The molecule has 0 unspecified atom stereocenters. The summed E-state index contributed by atoms with van der Waals surface area (Å²) in [6.45, 7) is 3.97. The smallest absolute Gasteiger partial charge is 0.119 e. The molecule has 0 fully saturated rings. The van der Waals surface area contributed by atoms with Gasteiger partial charge in [0.2, 0.25) is 0 Å². The highest BCUT2D eigenvalue weighted by atomic mass is 32.1. The molecule has 0 bridgehead atoms. The Balaban J connectivity index is 2.97. The van der Waals surface area contributed by atoms with Crippen molar-refractivity contribution in [3.8, 4) is 5.75 Å². The molecule has 0 radical (unpaired) electrons. The van der Waals surface area contributed by atoms with Crippen LogP contribution >= 0.6 is 11.3 Å². The fourth-order valence-corrected chi connectivity index (χ4v) is 2.36. The van der Waals surface area contributed by atoms with Gasteiger partial charge in [-0.05, 0) is 47.9 Å². The van der Waals surface area contributed by atoms with E-state index in [2.05, 4.69) is 11.4 Å². The first-order valence-electron chi connectivity index (χ1n) is 3.86. The molecule has 0 aliphatic heterocycles. The molecule has 0 aliphatic carbocycles. The fraction of sp³-hybridized carbons (Fsp3) is 0.200. The average Bonchev–Trinajstić information content (AvgIpc) is 2.48. The molecule has 1 aromatic carbocycles. The van der Waals surface area contributed by atoms with Crippen LogP contribution in [0.3, 0.4) is 0 Å². The Morgan fingerprint density at radius 2 is 2.08 bits per heavy atom. The normalized spacial score (nSPS) is 10.8. The van der Waals surface area contributed by atoms with E-state index in [9.17, 15) is 5.11 Å². The monoisotopic (exact) mass is 178 g/mol. The molecular weight excluding hydrogens is 168 g/mol. The second kappa shape index (κ2) is 2.49. The number of phenols is 1. The molecule has 0 aliphatic rings. The molecule has 62 valence electrons. The van der Waals surface area contributed by atoms with Crippen LogP contribution in [0.25, 0.3) is 10.1 Å². The standard InChI is InChI=1S/C10H10OS/c1-6-5-9(11)7(2)8-3-4-12-10(6)8/h3-5,11H,1-2H3. The number of hydrogen-bond donors (Lipinski definition) is 1. The zero-order chi connectivity index (χ0) is 8.72. The lowest BCUT2D eigenvalue weighted by Crippen LogP contribution is -1.78. The summed E-state index contributed by atoms with van der Waals surface area (Å²) in [5.41, 5.74) is 2.14. The van der Waals surface area contributed by atoms with Crippen LogP contribution in [0.4, 0.5) is 0 Å². The molecule has 1 nitrogen and oxygen atoms in total. The topological polar surface area (TPSA) is 20.2 Å². The third kappa shape index (κ3) is 0.916. The Labute approximate surface area is 75.3 Å². The second-order valence-corrected chi connectivity index (χ2v) is 3.92. The van der Waals surface area contributed by atoms with E-state index in [1.807, 2.05) is 19.9 Å². The van der Waals surface area contributed by atoms with E-state index < -0.39 is 0 Å². The van der Waals surface area contributed by atoms with Crippen molar-refractivity contribution in [2.24, 2.45) is 0 Å². The van der Waals surface area contributed by atoms with Gasteiger partial charge >= 0.3 is 0 Å². The third-order valence-corrected chi connectivity index (χ3v) is 3.21. The van der Waals surface area contributed by atoms with Crippen LogP contribution in [0.5, 0.6) is 5.75 Å². The molecule has 1 heterocycles. The van der Waals surface area contributed by atoms with Crippen molar-refractivity contribution in [3.63, 3.8) is 0 Å². The highest BCUT2D eigenvalue weighted by Gasteiger charge is 2.05. The van der Waals surface area contributed by atoms with Gasteiger partial charge in [-0.15, -0.1) is 11.3 Å². The molecule has 0 atom stereocenters. The van der Waals surface area contributed by atoms with Gasteiger partial charge in [0.05, 0.1) is 0 Å². The fourth-order valence-electron chi connectivity index (χ4n) is 1.43. The predicted octanol–water partition coefficient (Wildman–Crippen LogP) is 3.22. The lowest BCUT2D eigenvalue weighted by molar-refractivity contribution is 0.472. The molecule has 0 amide bonds. The van der Waals surface area contributed by atoms with Gasteiger partial charge in [0.15, 0.2) is 0 Å². The first kappa shape index (κ1) is 7.62. The highest BCUT2D eigenvalue weighted by Crippen LogP contribution is 2.32. The summed E-state index contributed by atoms with van der Waals surface area (Å²) in [5.74, 6) is 0.401. The lowest BCUT2D eigenvalue weighted by atomic mass is 10.1. The Bertz CT molecular complexity index is 429. The summed E-state index contributed by atoms with van der Waals surface area (Å²) in [5, 5.41) is 12.8. The van der Waals surface area contributed by atoms with Crippen LogP contribution in [0.2, 0.25) is 0 Å². The van der Waals surface area contributed by atoms with Crippen molar-refractivity contribution in [2.45, 2.75) is 13.8 Å². The van der Waals surface area contributed by atoms with Crippen molar-refractivity contribution in [3.05, 3.63) is 28.6 Å². The molecule has 0 saturated heterocycles. The van der Waals surface area contributed by atoms with Crippen molar-refractivity contribution in [1.29, 1.82) is 0 Å². The summed E-state index contributed by atoms with van der Waals surface area (Å²) in [6.07, 6.45) is 0. The maximum absolute atomic E-state index is 9.52. The lowest BCUT2D eigenvalue weighted by Gasteiger charge is -2.02. The van der Waals surface area contributed by atoms with E-state index in [1.165, 1.54) is 10.1 Å². The number of phenolic OH excluding ortho intramolecular Hbond substituents is 1. The minimum atomic E-state index is 0.401. The summed E-state index contributed by atoms with van der Waals surface area (Å²) in [6, 6.07) is 3.89. The van der Waals surface area contributed by atoms with Gasteiger partial charge in [0.1, 0.15) is 5.75 Å². The molecular formula is C10H10OS. The molecule has 12 heavy (non-hydrogen) atoms. The molecule has 1 N–H and O–H groups in total. The number of thiophene rings is 1. The first-order valence-corrected chi connectivity index (χ1v) is 4.74. The van der Waals surface area contributed by atoms with E-state index in [4.69, 9.17) is 0 Å². The number of hydrogen-bond acceptors (Lipinski definition) is 2. The number of benzene rings is 1. The molecule has 2 aromatic rings. The Kier molecular flexibility index (Phi) is 1.58. The first-order chi connectivity index (χ1) is 5.70. The Morgan fingerprint density at radius 3 is 2.83 bits per heavy atom. The van der Waals surface area contributed by atoms with Crippen LogP contribution in [0.15, 0.2) is 17.5 Å². The molecule has 2 rings (SSSR count). The summed E-state index contributed by atoms with van der Waals surface area (Å²) < 4.78 is 1.28. The van der Waals surface area contributed by atoms with Crippen molar-refractivity contribution < 1.29 is 5.11 Å². The van der Waals surface area contributed by atoms with E-state index in [0.29, 0.717) is 5.75 Å². The largest absolute Gasteiger partial charge is 0.508 e. The predicted molar refractivity (Wildman–Crippen MR) is 53.0 cm³/mol. The summed E-state index contributed by atoms with van der Waals surface area (Å²) in [4.78, 5) is 0. The Hall–Kier alpha value is -1.02. The summed E-state index contributed by atoms with van der Waals surface area (Å²) in [7, 11) is 0. The number of aryl methyl sites for hydroxylation is 2. The molecule has 1 aromatic heterocycles. The summed E-state index contributed by atoms with van der Waals surface area (Å²) >= 11 is 1.73. The van der Waals surface area contributed by atoms with E-state index in [1.54, 1.807) is 11.3 Å². The van der Waals surface area contributed by atoms with Crippen LogP contribution in [0.1, 0.15) is 11.1 Å². The minimum Gasteiger partial charge on any atom is -0.508 e. The van der Waals surface area contributed by atoms with Crippen LogP contribution in [-0.2, 0) is 0 Å². The van der Waals surface area contributed by atoms with Gasteiger partial charge in [-0.1, -0.05) is 0 Å².